The van der Waals surface area contributed by atoms with Gasteiger partial charge >= 0.3 is 12.2 Å². The van der Waals surface area contributed by atoms with Gasteiger partial charge in [-0.15, -0.1) is 0 Å². The molecule has 0 saturated carbocycles. The molecule has 9 nitrogen and oxygen atoms in total. The molecule has 2 heterocycles. The van der Waals surface area contributed by atoms with Gasteiger partial charge in [0.15, 0.2) is 0 Å². The van der Waals surface area contributed by atoms with Crippen LogP contribution in [0.5, 0.6) is 5.75 Å². The molecule has 0 aliphatic carbocycles. The summed E-state index contributed by atoms with van der Waals surface area (Å²) in [5.74, 6) is -1.05. The number of benzene rings is 2. The maximum Gasteiger partial charge on any atom is 0.421 e. The van der Waals surface area contributed by atoms with E-state index in [-0.39, 0.29) is 24.3 Å². The van der Waals surface area contributed by atoms with E-state index in [0.29, 0.717) is 12.4 Å². The Morgan fingerprint density at radius 1 is 1.06 bits per heavy atom. The van der Waals surface area contributed by atoms with Gasteiger partial charge in [0.05, 0.1) is 6.54 Å². The predicted octanol–water partition coefficient (Wildman–Crippen LogP) is 2.95. The van der Waals surface area contributed by atoms with Crippen molar-refractivity contribution < 1.29 is 33.8 Å². The van der Waals surface area contributed by atoms with Crippen molar-refractivity contribution >= 4 is 24.0 Å². The summed E-state index contributed by atoms with van der Waals surface area (Å²) in [6.45, 7) is 0.510. The molecule has 2 aromatic carbocycles. The van der Waals surface area contributed by atoms with E-state index in [4.69, 9.17) is 14.6 Å². The van der Waals surface area contributed by atoms with E-state index in [1.807, 2.05) is 30.3 Å². The van der Waals surface area contributed by atoms with E-state index >= 15 is 0 Å². The van der Waals surface area contributed by atoms with Crippen molar-refractivity contribution in [2.24, 2.45) is 0 Å². The van der Waals surface area contributed by atoms with Crippen molar-refractivity contribution in [2.75, 3.05) is 6.54 Å². The minimum Gasteiger partial charge on any atom is -0.489 e. The average molecular weight is 424 g/mol. The summed E-state index contributed by atoms with van der Waals surface area (Å²) >= 11 is 0. The first-order valence-corrected chi connectivity index (χ1v) is 9.77. The number of carbonyl (C=O) groups is 4. The highest BCUT2D eigenvalue weighted by Gasteiger charge is 2.46. The quantitative estimate of drug-likeness (QED) is 0.734. The first kappa shape index (κ1) is 20.4. The van der Waals surface area contributed by atoms with Gasteiger partial charge < -0.3 is 14.6 Å². The number of piperidine rings is 1. The molecule has 0 spiro atoms. The largest absolute Gasteiger partial charge is 0.489 e. The fourth-order valence-corrected chi connectivity index (χ4v) is 3.68. The van der Waals surface area contributed by atoms with Crippen LogP contribution in [0.3, 0.4) is 0 Å². The molecule has 2 aliphatic heterocycles. The molecule has 2 unspecified atom stereocenters. The predicted molar refractivity (Wildman–Crippen MR) is 106 cm³/mol. The fourth-order valence-electron chi connectivity index (χ4n) is 3.68. The molecule has 31 heavy (non-hydrogen) atoms. The minimum absolute atomic E-state index is 0.0650. The lowest BCUT2D eigenvalue weighted by Gasteiger charge is -2.31. The maximum atomic E-state index is 12.4. The van der Waals surface area contributed by atoms with Gasteiger partial charge in [0, 0.05) is 6.42 Å². The molecule has 2 aromatic rings. The minimum atomic E-state index is -1.64. The van der Waals surface area contributed by atoms with Gasteiger partial charge in [0.25, 0.3) is 5.91 Å². The number of amides is 4. The van der Waals surface area contributed by atoms with E-state index < -0.39 is 36.1 Å². The van der Waals surface area contributed by atoms with Crippen LogP contribution in [0.25, 0.3) is 0 Å². The molecular formula is C22H20N2O7. The van der Waals surface area contributed by atoms with Crippen LogP contribution in [0.15, 0.2) is 54.6 Å². The Morgan fingerprint density at radius 3 is 2.45 bits per heavy atom. The lowest BCUT2D eigenvalue weighted by Crippen LogP contribution is -2.56. The lowest BCUT2D eigenvalue weighted by molar-refractivity contribution is -0.148. The molecule has 2 fully saturated rings. The monoisotopic (exact) mass is 424 g/mol. The molecular weight excluding hydrogens is 404 g/mol. The zero-order chi connectivity index (χ0) is 22.0. The Hall–Kier alpha value is -3.88. The second kappa shape index (κ2) is 8.47. The molecule has 4 rings (SSSR count). The summed E-state index contributed by atoms with van der Waals surface area (Å²) in [5, 5.41) is 9.12. The Kier molecular flexibility index (Phi) is 5.57. The highest BCUT2D eigenvalue weighted by molar-refractivity contribution is 6.12. The molecule has 2 saturated heterocycles. The second-order valence-electron chi connectivity index (χ2n) is 7.27. The fraction of sp³-hybridized carbons (Fsp3) is 0.273. The smallest absolute Gasteiger partial charge is 0.421 e. The van der Waals surface area contributed by atoms with Crippen molar-refractivity contribution in [2.45, 2.75) is 31.6 Å². The van der Waals surface area contributed by atoms with E-state index in [9.17, 15) is 19.2 Å². The van der Waals surface area contributed by atoms with Crippen LogP contribution in [0.1, 0.15) is 30.1 Å². The van der Waals surface area contributed by atoms with Gasteiger partial charge in [0.1, 0.15) is 24.5 Å². The summed E-state index contributed by atoms with van der Waals surface area (Å²) in [6.07, 6.45) is -3.04. The van der Waals surface area contributed by atoms with Crippen LogP contribution in [0, 0.1) is 0 Å². The number of rotatable bonds is 5. The standard InChI is InChI=1S/C22H20N2O7/c25-19-11-10-17(20(26)24(19)21(27)28)23-12-18(31-22(23)29)15-6-8-16(9-7-15)30-13-14-4-2-1-3-5-14/h1-9,17-18H,10-13H2,(H,27,28). The summed E-state index contributed by atoms with van der Waals surface area (Å²) in [4.78, 5) is 49.1. The molecule has 2 atom stereocenters. The van der Waals surface area contributed by atoms with E-state index in [2.05, 4.69) is 0 Å². The van der Waals surface area contributed by atoms with Gasteiger partial charge in [-0.1, -0.05) is 42.5 Å². The van der Waals surface area contributed by atoms with Crippen LogP contribution >= 0.6 is 0 Å². The van der Waals surface area contributed by atoms with Crippen molar-refractivity contribution in [1.29, 1.82) is 0 Å². The third-order valence-electron chi connectivity index (χ3n) is 5.29. The Bertz CT molecular complexity index is 1010. The molecule has 4 amide bonds. The van der Waals surface area contributed by atoms with Gasteiger partial charge in [-0.3, -0.25) is 14.5 Å². The lowest BCUT2D eigenvalue weighted by atomic mass is 10.0. The van der Waals surface area contributed by atoms with Gasteiger partial charge in [-0.05, 0) is 29.7 Å². The molecule has 0 aromatic heterocycles. The summed E-state index contributed by atoms with van der Waals surface area (Å²) in [5.41, 5.74) is 1.76. The Labute approximate surface area is 177 Å². The number of cyclic esters (lactones) is 1. The van der Waals surface area contributed by atoms with Crippen molar-refractivity contribution in [3.05, 3.63) is 65.7 Å². The van der Waals surface area contributed by atoms with Crippen LogP contribution in [-0.2, 0) is 20.9 Å². The van der Waals surface area contributed by atoms with Crippen LogP contribution in [-0.4, -0.2) is 51.5 Å². The summed E-state index contributed by atoms with van der Waals surface area (Å²) in [7, 11) is 0. The zero-order valence-electron chi connectivity index (χ0n) is 16.5. The summed E-state index contributed by atoms with van der Waals surface area (Å²) in [6, 6.07) is 15.8. The molecule has 160 valence electrons. The van der Waals surface area contributed by atoms with E-state index in [1.54, 1.807) is 24.3 Å². The summed E-state index contributed by atoms with van der Waals surface area (Å²) < 4.78 is 11.1. The second-order valence-corrected chi connectivity index (χ2v) is 7.27. The number of nitrogens with zero attached hydrogens (tertiary/aromatic N) is 2. The van der Waals surface area contributed by atoms with Crippen LogP contribution in [0.2, 0.25) is 0 Å². The number of carboxylic acid groups (broad SMARTS) is 1. The molecule has 0 radical (unpaired) electrons. The highest BCUT2D eigenvalue weighted by atomic mass is 16.6. The number of hydrogen-bond acceptors (Lipinski definition) is 6. The number of likely N-dealkylation sites (tertiary alicyclic amines) is 1. The first-order chi connectivity index (χ1) is 14.9. The third-order valence-corrected chi connectivity index (χ3v) is 5.29. The van der Waals surface area contributed by atoms with Gasteiger partial charge in [0.2, 0.25) is 5.91 Å². The van der Waals surface area contributed by atoms with Crippen molar-refractivity contribution in [3.63, 3.8) is 0 Å². The topological polar surface area (TPSA) is 113 Å². The maximum absolute atomic E-state index is 12.4. The first-order valence-electron chi connectivity index (χ1n) is 9.77. The zero-order valence-corrected chi connectivity index (χ0v) is 16.5. The van der Waals surface area contributed by atoms with Crippen LogP contribution in [0.4, 0.5) is 9.59 Å². The van der Waals surface area contributed by atoms with Crippen LogP contribution < -0.4 is 4.74 Å². The number of ether oxygens (including phenoxy) is 2. The highest BCUT2D eigenvalue weighted by Crippen LogP contribution is 2.31. The molecule has 0 bridgehead atoms. The van der Waals surface area contributed by atoms with Gasteiger partial charge in [-0.25, -0.2) is 9.59 Å². The third kappa shape index (κ3) is 4.20. The number of imide groups is 3. The Morgan fingerprint density at radius 2 is 1.77 bits per heavy atom. The molecule has 2 aliphatic rings. The molecule has 1 N–H and O–H groups in total. The van der Waals surface area contributed by atoms with Crippen molar-refractivity contribution in [1.82, 2.24) is 9.80 Å². The normalized spacial score (nSPS) is 21.2. The van der Waals surface area contributed by atoms with E-state index in [0.717, 1.165) is 11.1 Å². The van der Waals surface area contributed by atoms with E-state index in [1.165, 1.54) is 4.90 Å². The van der Waals surface area contributed by atoms with Gasteiger partial charge in [-0.2, -0.15) is 4.90 Å². The molecule has 9 heteroatoms. The van der Waals surface area contributed by atoms with Crippen molar-refractivity contribution in [3.8, 4) is 5.75 Å². The average Bonchev–Trinajstić information content (AvgIpc) is 3.14. The SMILES string of the molecule is O=C(O)N1C(=O)CCC(N2CC(c3ccc(OCc4ccccc4)cc3)OC2=O)C1=O. The number of hydrogen-bond donors (Lipinski definition) is 1. The Balaban J connectivity index is 1.40. The number of carbonyl (C=O) groups excluding carboxylic acids is 3.